The molecule has 148 valence electrons. The predicted molar refractivity (Wildman–Crippen MR) is 100 cm³/mol. The second-order valence-electron chi connectivity index (χ2n) is 6.88. The number of nitrogens with zero attached hydrogens (tertiary/aromatic N) is 2. The monoisotopic (exact) mass is 407 g/mol. The van der Waals surface area contributed by atoms with Gasteiger partial charge in [0.05, 0.1) is 17.2 Å². The Morgan fingerprint density at radius 2 is 2.04 bits per heavy atom. The Bertz CT molecular complexity index is 851. The maximum absolute atomic E-state index is 13.2. The van der Waals surface area contributed by atoms with Gasteiger partial charge in [-0.1, -0.05) is 6.07 Å². The first-order chi connectivity index (χ1) is 13.4. The molecule has 2 aromatic rings. The average Bonchev–Trinajstić information content (AvgIpc) is 3.19. The number of rotatable bonds is 5. The Morgan fingerprint density at radius 1 is 1.29 bits per heavy atom. The Morgan fingerprint density at radius 3 is 2.64 bits per heavy atom. The minimum atomic E-state index is -4.57. The summed E-state index contributed by atoms with van der Waals surface area (Å²) in [6, 6.07) is 7.21. The van der Waals surface area contributed by atoms with Crippen LogP contribution in [0.15, 0.2) is 35.0 Å². The minimum Gasteiger partial charge on any atom is -0.352 e. The zero-order valence-electron chi connectivity index (χ0n) is 15.1. The first-order valence-electron chi connectivity index (χ1n) is 8.98. The van der Waals surface area contributed by atoms with Crippen LogP contribution in [0.3, 0.4) is 0 Å². The van der Waals surface area contributed by atoms with Gasteiger partial charge in [0.2, 0.25) is 5.91 Å². The standard InChI is InChI=1S/C20H20F3N3OS/c21-20(22,23)18-9-14(10-24)1-2-17(18)11-25-19(27)16-3-6-26(7-4-16)12-15-5-8-28-13-15/h1-2,5,8-9,13,16H,3-4,6-7,11-12H2,(H,25,27). The van der Waals surface area contributed by atoms with Crippen LogP contribution in [-0.2, 0) is 24.1 Å². The van der Waals surface area contributed by atoms with Crippen LogP contribution in [-0.4, -0.2) is 23.9 Å². The van der Waals surface area contributed by atoms with Gasteiger partial charge >= 0.3 is 6.18 Å². The smallest absolute Gasteiger partial charge is 0.352 e. The van der Waals surface area contributed by atoms with Crippen molar-refractivity contribution in [2.24, 2.45) is 5.92 Å². The molecule has 0 spiro atoms. The summed E-state index contributed by atoms with van der Waals surface area (Å²) in [4.78, 5) is 14.7. The third-order valence-corrected chi connectivity index (χ3v) is 5.67. The number of alkyl halides is 3. The van der Waals surface area contributed by atoms with E-state index in [0.717, 1.165) is 25.7 Å². The second-order valence-corrected chi connectivity index (χ2v) is 7.66. The summed E-state index contributed by atoms with van der Waals surface area (Å²) in [5.74, 6) is -0.404. The van der Waals surface area contributed by atoms with Gasteiger partial charge in [-0.2, -0.15) is 29.8 Å². The van der Waals surface area contributed by atoms with E-state index in [1.807, 2.05) is 5.38 Å². The maximum atomic E-state index is 13.2. The lowest BCUT2D eigenvalue weighted by Crippen LogP contribution is -2.40. The number of piperidine rings is 1. The third kappa shape index (κ3) is 5.12. The summed E-state index contributed by atoms with van der Waals surface area (Å²) in [7, 11) is 0. The molecule has 28 heavy (non-hydrogen) atoms. The lowest BCUT2D eigenvalue weighted by Gasteiger charge is -2.31. The highest BCUT2D eigenvalue weighted by Crippen LogP contribution is 2.32. The molecule has 0 unspecified atom stereocenters. The number of carbonyl (C=O) groups excluding carboxylic acids is 1. The van der Waals surface area contributed by atoms with Gasteiger partial charge in [-0.05, 0) is 66.0 Å². The summed E-state index contributed by atoms with van der Waals surface area (Å²) in [5, 5.41) is 15.6. The van der Waals surface area contributed by atoms with Gasteiger partial charge in [0, 0.05) is 19.0 Å². The number of amides is 1. The number of nitrogens with one attached hydrogen (secondary N) is 1. The molecule has 1 fully saturated rings. The summed E-state index contributed by atoms with van der Waals surface area (Å²) in [6.45, 7) is 2.24. The second kappa shape index (κ2) is 8.76. The lowest BCUT2D eigenvalue weighted by atomic mass is 9.95. The normalized spacial score (nSPS) is 15.9. The molecule has 1 aromatic carbocycles. The van der Waals surface area contributed by atoms with Gasteiger partial charge in [0.15, 0.2) is 0 Å². The highest BCUT2D eigenvalue weighted by atomic mass is 32.1. The number of thiophene rings is 1. The molecule has 0 aliphatic carbocycles. The fraction of sp³-hybridized carbons (Fsp3) is 0.400. The summed E-state index contributed by atoms with van der Waals surface area (Å²) < 4.78 is 39.6. The predicted octanol–water partition coefficient (Wildman–Crippen LogP) is 4.17. The van der Waals surface area contributed by atoms with Crippen molar-refractivity contribution < 1.29 is 18.0 Å². The van der Waals surface area contributed by atoms with E-state index in [4.69, 9.17) is 5.26 Å². The van der Waals surface area contributed by atoms with Crippen LogP contribution in [0.25, 0.3) is 0 Å². The first-order valence-corrected chi connectivity index (χ1v) is 9.92. The Balaban J connectivity index is 1.54. The Hall–Kier alpha value is -2.37. The number of hydrogen-bond donors (Lipinski definition) is 1. The molecule has 0 atom stereocenters. The molecule has 2 heterocycles. The van der Waals surface area contributed by atoms with E-state index in [0.29, 0.717) is 12.8 Å². The SMILES string of the molecule is N#Cc1ccc(CNC(=O)C2CCN(Cc3ccsc3)CC2)c(C(F)(F)F)c1. The molecule has 1 aromatic heterocycles. The molecule has 0 bridgehead atoms. The van der Waals surface area contributed by atoms with Crippen LogP contribution in [0.4, 0.5) is 13.2 Å². The maximum Gasteiger partial charge on any atom is 0.416 e. The molecule has 1 aliphatic rings. The van der Waals surface area contributed by atoms with Crippen molar-refractivity contribution in [2.45, 2.75) is 32.1 Å². The number of benzene rings is 1. The number of hydrogen-bond acceptors (Lipinski definition) is 4. The van der Waals surface area contributed by atoms with Gasteiger partial charge < -0.3 is 5.32 Å². The lowest BCUT2D eigenvalue weighted by molar-refractivity contribution is -0.138. The van der Waals surface area contributed by atoms with Gasteiger partial charge in [-0.3, -0.25) is 9.69 Å². The van der Waals surface area contributed by atoms with Gasteiger partial charge in [0.25, 0.3) is 0 Å². The molecule has 3 rings (SSSR count). The molecule has 1 N–H and O–H groups in total. The van der Waals surface area contributed by atoms with Crippen molar-refractivity contribution in [2.75, 3.05) is 13.1 Å². The van der Waals surface area contributed by atoms with E-state index in [1.54, 1.807) is 17.4 Å². The molecule has 4 nitrogen and oxygen atoms in total. The van der Waals surface area contributed by atoms with Crippen molar-refractivity contribution in [3.8, 4) is 6.07 Å². The van der Waals surface area contributed by atoms with E-state index < -0.39 is 11.7 Å². The Kier molecular flexibility index (Phi) is 6.37. The largest absolute Gasteiger partial charge is 0.416 e. The van der Waals surface area contributed by atoms with E-state index in [-0.39, 0.29) is 29.5 Å². The summed E-state index contributed by atoms with van der Waals surface area (Å²) in [5.41, 5.74) is 0.293. The van der Waals surface area contributed by atoms with Crippen LogP contribution in [0.5, 0.6) is 0 Å². The van der Waals surface area contributed by atoms with Crippen molar-refractivity contribution in [3.05, 3.63) is 57.3 Å². The summed E-state index contributed by atoms with van der Waals surface area (Å²) >= 11 is 1.65. The third-order valence-electron chi connectivity index (χ3n) is 4.94. The zero-order chi connectivity index (χ0) is 20.1. The molecule has 0 saturated carbocycles. The van der Waals surface area contributed by atoms with E-state index >= 15 is 0 Å². The number of likely N-dealkylation sites (tertiary alicyclic amines) is 1. The topological polar surface area (TPSA) is 56.1 Å². The fourth-order valence-electron chi connectivity index (χ4n) is 3.38. The van der Waals surface area contributed by atoms with Gasteiger partial charge in [-0.15, -0.1) is 0 Å². The summed E-state index contributed by atoms with van der Waals surface area (Å²) in [6.07, 6.45) is -3.19. The van der Waals surface area contributed by atoms with E-state index in [1.165, 1.54) is 17.7 Å². The fourth-order valence-corrected chi connectivity index (χ4v) is 4.04. The first kappa shape index (κ1) is 20.4. The number of nitriles is 1. The van der Waals surface area contributed by atoms with Crippen LogP contribution in [0.2, 0.25) is 0 Å². The van der Waals surface area contributed by atoms with E-state index in [9.17, 15) is 18.0 Å². The minimum absolute atomic E-state index is 0.0326. The van der Waals surface area contributed by atoms with Crippen molar-refractivity contribution >= 4 is 17.2 Å². The van der Waals surface area contributed by atoms with Crippen LogP contribution >= 0.6 is 11.3 Å². The molecular formula is C20H20F3N3OS. The highest BCUT2D eigenvalue weighted by Gasteiger charge is 2.34. The average molecular weight is 407 g/mol. The molecular weight excluding hydrogens is 387 g/mol. The molecule has 8 heteroatoms. The van der Waals surface area contributed by atoms with Crippen molar-refractivity contribution in [1.82, 2.24) is 10.2 Å². The molecule has 0 radical (unpaired) electrons. The number of halogens is 3. The van der Waals surface area contributed by atoms with Crippen LogP contribution in [0, 0.1) is 17.2 Å². The van der Waals surface area contributed by atoms with Crippen LogP contribution in [0.1, 0.15) is 35.1 Å². The zero-order valence-corrected chi connectivity index (χ0v) is 15.9. The van der Waals surface area contributed by atoms with Gasteiger partial charge in [0.1, 0.15) is 0 Å². The van der Waals surface area contributed by atoms with Crippen molar-refractivity contribution in [1.29, 1.82) is 5.26 Å². The van der Waals surface area contributed by atoms with Crippen LogP contribution < -0.4 is 5.32 Å². The van der Waals surface area contributed by atoms with Gasteiger partial charge in [-0.25, -0.2) is 0 Å². The molecule has 1 aliphatic heterocycles. The van der Waals surface area contributed by atoms with Crippen molar-refractivity contribution in [3.63, 3.8) is 0 Å². The highest BCUT2D eigenvalue weighted by molar-refractivity contribution is 7.07. The molecule has 1 saturated heterocycles. The quantitative estimate of drug-likeness (QED) is 0.810. The number of carbonyl (C=O) groups is 1. The molecule has 1 amide bonds. The Labute approximate surface area is 165 Å². The van der Waals surface area contributed by atoms with E-state index in [2.05, 4.69) is 21.7 Å².